The third kappa shape index (κ3) is 2.87. The number of halogens is 3. The van der Waals surface area contributed by atoms with Gasteiger partial charge in [-0.2, -0.15) is 0 Å². The van der Waals surface area contributed by atoms with Crippen molar-refractivity contribution >= 4 is 44.1 Å². The Bertz CT molecular complexity index is 1360. The summed E-state index contributed by atoms with van der Waals surface area (Å²) in [6.45, 7) is 0. The number of aromatic nitrogens is 3. The van der Waals surface area contributed by atoms with Crippen LogP contribution in [0.5, 0.6) is 0 Å². The summed E-state index contributed by atoms with van der Waals surface area (Å²) in [5.74, 6) is -0.362. The highest BCUT2D eigenvalue weighted by atomic mass is 79.9. The minimum atomic E-state index is -0.362. The summed E-state index contributed by atoms with van der Waals surface area (Å²) in [5, 5.41) is 1.45. The molecule has 0 aliphatic carbocycles. The van der Waals surface area contributed by atoms with Crippen molar-refractivity contribution in [1.29, 1.82) is 0 Å². The zero-order chi connectivity index (χ0) is 19.3. The van der Waals surface area contributed by atoms with Crippen LogP contribution in [0.4, 0.5) is 4.39 Å². The molecule has 0 radical (unpaired) electrons. The Labute approximate surface area is 173 Å². The van der Waals surface area contributed by atoms with E-state index < -0.39 is 0 Å². The summed E-state index contributed by atoms with van der Waals surface area (Å²) in [4.78, 5) is 9.12. The van der Waals surface area contributed by atoms with Gasteiger partial charge in [-0.15, -0.1) is 0 Å². The SMILES string of the molecule is Fc1ccc(Cl)cc1-c1nc2ccccn2c1-c1ccc2ncc(Br)cc2c1. The normalized spacial score (nSPS) is 11.4. The molecule has 0 amide bonds. The van der Waals surface area contributed by atoms with E-state index in [-0.39, 0.29) is 5.82 Å². The molecule has 5 rings (SSSR count). The summed E-state index contributed by atoms with van der Waals surface area (Å²) in [6, 6.07) is 18.2. The Kier molecular flexibility index (Phi) is 4.14. The third-order valence-electron chi connectivity index (χ3n) is 4.63. The summed E-state index contributed by atoms with van der Waals surface area (Å²) in [5.41, 5.74) is 4.27. The zero-order valence-corrected chi connectivity index (χ0v) is 16.7. The molecule has 0 aliphatic heterocycles. The second kappa shape index (κ2) is 6.69. The van der Waals surface area contributed by atoms with Gasteiger partial charge >= 0.3 is 0 Å². The van der Waals surface area contributed by atoms with Gasteiger partial charge in [0, 0.05) is 38.4 Å². The summed E-state index contributed by atoms with van der Waals surface area (Å²) < 4.78 is 17.5. The van der Waals surface area contributed by atoms with Crippen LogP contribution in [0.2, 0.25) is 5.02 Å². The van der Waals surface area contributed by atoms with Gasteiger partial charge in [-0.1, -0.05) is 23.7 Å². The van der Waals surface area contributed by atoms with E-state index in [4.69, 9.17) is 16.6 Å². The fraction of sp³-hybridized carbons (Fsp3) is 0. The Balaban J connectivity index is 1.85. The lowest BCUT2D eigenvalue weighted by molar-refractivity contribution is 0.631. The first-order valence-electron chi connectivity index (χ1n) is 8.58. The standard InChI is InChI=1S/C22H12BrClFN3/c23-15-10-14-9-13(4-7-19(14)26-12-15)22-21(17-11-16(24)5-6-18(17)25)27-20-3-1-2-8-28(20)22/h1-12H. The average molecular weight is 453 g/mol. The van der Waals surface area contributed by atoms with Gasteiger partial charge < -0.3 is 0 Å². The highest BCUT2D eigenvalue weighted by Crippen LogP contribution is 2.36. The van der Waals surface area contributed by atoms with Crippen LogP contribution < -0.4 is 0 Å². The average Bonchev–Trinajstić information content (AvgIpc) is 3.08. The number of hydrogen-bond acceptors (Lipinski definition) is 2. The molecule has 3 heterocycles. The van der Waals surface area contributed by atoms with Gasteiger partial charge in [0.2, 0.25) is 0 Å². The number of rotatable bonds is 2. The van der Waals surface area contributed by atoms with E-state index in [2.05, 4.69) is 20.9 Å². The number of hydrogen-bond donors (Lipinski definition) is 0. The maximum Gasteiger partial charge on any atom is 0.137 e. The zero-order valence-electron chi connectivity index (χ0n) is 14.4. The predicted molar refractivity (Wildman–Crippen MR) is 114 cm³/mol. The summed E-state index contributed by atoms with van der Waals surface area (Å²) in [7, 11) is 0. The predicted octanol–water partition coefficient (Wildman–Crippen LogP) is 6.77. The van der Waals surface area contributed by atoms with Crippen molar-refractivity contribution in [3.8, 4) is 22.5 Å². The van der Waals surface area contributed by atoms with E-state index in [9.17, 15) is 4.39 Å². The Hall–Kier alpha value is -2.76. The Morgan fingerprint density at radius 1 is 1.00 bits per heavy atom. The van der Waals surface area contributed by atoms with E-state index in [1.54, 1.807) is 12.3 Å². The molecule has 3 nitrogen and oxygen atoms in total. The highest BCUT2D eigenvalue weighted by molar-refractivity contribution is 9.10. The van der Waals surface area contributed by atoms with E-state index in [1.807, 2.05) is 53.1 Å². The molecule has 136 valence electrons. The van der Waals surface area contributed by atoms with Crippen LogP contribution >= 0.6 is 27.5 Å². The molecule has 0 saturated heterocycles. The molecule has 0 spiro atoms. The molecule has 0 aliphatic rings. The molecular formula is C22H12BrClFN3. The lowest BCUT2D eigenvalue weighted by atomic mass is 10.0. The number of benzene rings is 2. The van der Waals surface area contributed by atoms with Crippen LogP contribution in [0.15, 0.2) is 77.5 Å². The van der Waals surface area contributed by atoms with Crippen molar-refractivity contribution in [2.24, 2.45) is 0 Å². The first-order chi connectivity index (χ1) is 13.6. The molecule has 6 heteroatoms. The highest BCUT2D eigenvalue weighted by Gasteiger charge is 2.19. The van der Waals surface area contributed by atoms with Gasteiger partial charge in [0.15, 0.2) is 0 Å². The van der Waals surface area contributed by atoms with Crippen molar-refractivity contribution in [2.45, 2.75) is 0 Å². The van der Waals surface area contributed by atoms with Crippen LogP contribution in [0.3, 0.4) is 0 Å². The van der Waals surface area contributed by atoms with E-state index in [0.717, 1.165) is 32.3 Å². The molecule has 0 N–H and O–H groups in total. The Morgan fingerprint density at radius 2 is 1.89 bits per heavy atom. The monoisotopic (exact) mass is 451 g/mol. The van der Waals surface area contributed by atoms with Crippen molar-refractivity contribution in [3.05, 3.63) is 88.4 Å². The molecular weight excluding hydrogens is 441 g/mol. The maximum atomic E-state index is 14.7. The molecule has 0 fully saturated rings. The van der Waals surface area contributed by atoms with Gasteiger partial charge in [0.1, 0.15) is 17.2 Å². The number of nitrogens with zero attached hydrogens (tertiary/aromatic N) is 3. The number of imidazole rings is 1. The van der Waals surface area contributed by atoms with E-state index >= 15 is 0 Å². The maximum absolute atomic E-state index is 14.7. The van der Waals surface area contributed by atoms with Crippen LogP contribution in [0.1, 0.15) is 0 Å². The largest absolute Gasteiger partial charge is 0.299 e. The van der Waals surface area contributed by atoms with Crippen LogP contribution in [0.25, 0.3) is 39.1 Å². The minimum absolute atomic E-state index is 0.362. The lowest BCUT2D eigenvalue weighted by Gasteiger charge is -2.08. The van der Waals surface area contributed by atoms with Crippen molar-refractivity contribution in [3.63, 3.8) is 0 Å². The van der Waals surface area contributed by atoms with Gasteiger partial charge in [-0.3, -0.25) is 9.38 Å². The summed E-state index contributed by atoms with van der Waals surface area (Å²) in [6.07, 6.45) is 3.69. The fourth-order valence-electron chi connectivity index (χ4n) is 3.39. The topological polar surface area (TPSA) is 30.2 Å². The molecule has 0 atom stereocenters. The first kappa shape index (κ1) is 17.3. The molecule has 3 aromatic heterocycles. The van der Waals surface area contributed by atoms with Crippen LogP contribution in [-0.2, 0) is 0 Å². The molecule has 0 saturated carbocycles. The lowest BCUT2D eigenvalue weighted by Crippen LogP contribution is -1.92. The smallest absolute Gasteiger partial charge is 0.137 e. The molecule has 28 heavy (non-hydrogen) atoms. The van der Waals surface area contributed by atoms with Crippen molar-refractivity contribution in [2.75, 3.05) is 0 Å². The van der Waals surface area contributed by atoms with Gasteiger partial charge in [0.25, 0.3) is 0 Å². The molecule has 5 aromatic rings. The molecule has 0 unspecified atom stereocenters. The number of pyridine rings is 2. The van der Waals surface area contributed by atoms with Gasteiger partial charge in [0.05, 0.1) is 11.2 Å². The van der Waals surface area contributed by atoms with Gasteiger partial charge in [-0.25, -0.2) is 9.37 Å². The second-order valence-electron chi connectivity index (χ2n) is 6.42. The second-order valence-corrected chi connectivity index (χ2v) is 7.78. The van der Waals surface area contributed by atoms with Crippen molar-refractivity contribution in [1.82, 2.24) is 14.4 Å². The van der Waals surface area contributed by atoms with Crippen molar-refractivity contribution < 1.29 is 4.39 Å². The summed E-state index contributed by atoms with van der Waals surface area (Å²) >= 11 is 9.61. The van der Waals surface area contributed by atoms with E-state index in [1.165, 1.54) is 12.1 Å². The minimum Gasteiger partial charge on any atom is -0.299 e. The fourth-order valence-corrected chi connectivity index (χ4v) is 3.91. The van der Waals surface area contributed by atoms with E-state index in [0.29, 0.717) is 16.3 Å². The number of fused-ring (bicyclic) bond motifs is 2. The quantitative estimate of drug-likeness (QED) is 0.296. The van der Waals surface area contributed by atoms with Crippen LogP contribution in [-0.4, -0.2) is 14.4 Å². The molecule has 2 aromatic carbocycles. The Morgan fingerprint density at radius 3 is 2.79 bits per heavy atom. The van der Waals surface area contributed by atoms with Gasteiger partial charge in [-0.05, 0) is 64.5 Å². The third-order valence-corrected chi connectivity index (χ3v) is 5.30. The molecule has 0 bridgehead atoms. The van der Waals surface area contributed by atoms with Crippen LogP contribution in [0, 0.1) is 5.82 Å². The first-order valence-corrected chi connectivity index (χ1v) is 9.75.